The van der Waals surface area contributed by atoms with Crippen LogP contribution in [0, 0.1) is 0 Å². The molecule has 2 rings (SSSR count). The van der Waals surface area contributed by atoms with Crippen molar-refractivity contribution >= 4 is 15.9 Å². The maximum Gasteiger partial charge on any atom is 0.166 e. The number of aromatic hydroxyl groups is 1. The molecule has 0 aliphatic rings. The van der Waals surface area contributed by atoms with Crippen LogP contribution in [0.4, 0.5) is 0 Å². The molecule has 5 heteroatoms. The van der Waals surface area contributed by atoms with Gasteiger partial charge in [-0.3, -0.25) is 0 Å². The highest BCUT2D eigenvalue weighted by atomic mass is 79.9. The van der Waals surface area contributed by atoms with Crippen LogP contribution in [-0.4, -0.2) is 18.8 Å². The molecule has 0 atom stereocenters. The van der Waals surface area contributed by atoms with Gasteiger partial charge in [-0.05, 0) is 17.7 Å². The first kappa shape index (κ1) is 17.8. The van der Waals surface area contributed by atoms with E-state index in [1.54, 1.807) is 13.2 Å². The second-order valence-electron chi connectivity index (χ2n) is 4.63. The molecule has 0 aliphatic heterocycles. The summed E-state index contributed by atoms with van der Waals surface area (Å²) in [6, 6.07) is 14.1. The van der Waals surface area contributed by atoms with E-state index in [0.717, 1.165) is 29.5 Å². The van der Waals surface area contributed by atoms with Crippen LogP contribution in [0.25, 0.3) is 0 Å². The summed E-state index contributed by atoms with van der Waals surface area (Å²) < 4.78 is 6.06. The van der Waals surface area contributed by atoms with Crippen molar-refractivity contribution in [2.24, 2.45) is 0 Å². The first-order valence-electron chi connectivity index (χ1n) is 6.61. The van der Waals surface area contributed by atoms with Gasteiger partial charge in [0.1, 0.15) is 6.54 Å². The summed E-state index contributed by atoms with van der Waals surface area (Å²) in [5.41, 5.74) is 2.21. The Balaban J connectivity index is 0.00000220. The topological polar surface area (TPSA) is 46.1 Å². The molecule has 0 bridgehead atoms. The van der Waals surface area contributed by atoms with E-state index in [9.17, 15) is 5.11 Å². The van der Waals surface area contributed by atoms with E-state index in [4.69, 9.17) is 4.74 Å². The number of quaternary nitrogens is 1. The number of hydrogen-bond donors (Lipinski definition) is 2. The first-order valence-corrected chi connectivity index (χ1v) is 7.41. The minimum absolute atomic E-state index is 0. The molecular formula is C16H19BrClNO2. The van der Waals surface area contributed by atoms with Crippen LogP contribution < -0.4 is 22.5 Å². The van der Waals surface area contributed by atoms with Gasteiger partial charge in [-0.15, -0.1) is 0 Å². The lowest BCUT2D eigenvalue weighted by molar-refractivity contribution is -0.670. The van der Waals surface area contributed by atoms with Crippen molar-refractivity contribution in [3.8, 4) is 11.5 Å². The van der Waals surface area contributed by atoms with Gasteiger partial charge in [0.15, 0.2) is 11.5 Å². The third kappa shape index (κ3) is 5.23. The summed E-state index contributed by atoms with van der Waals surface area (Å²) in [6.45, 7) is 1.72. The molecule has 0 fully saturated rings. The Hall–Kier alpha value is -1.23. The van der Waals surface area contributed by atoms with Gasteiger partial charge in [-0.2, -0.15) is 0 Å². The van der Waals surface area contributed by atoms with Crippen LogP contribution in [0.3, 0.4) is 0 Å². The fraction of sp³-hybridized carbons (Fsp3) is 0.250. The zero-order valence-electron chi connectivity index (χ0n) is 11.9. The minimum atomic E-state index is 0. The Kier molecular flexibility index (Phi) is 7.57. The van der Waals surface area contributed by atoms with Crippen LogP contribution in [0.2, 0.25) is 0 Å². The fourth-order valence-corrected chi connectivity index (χ4v) is 2.59. The first-order chi connectivity index (χ1) is 9.70. The molecule has 0 saturated heterocycles. The maximum absolute atomic E-state index is 10.1. The van der Waals surface area contributed by atoms with E-state index in [1.807, 2.05) is 12.1 Å². The zero-order chi connectivity index (χ0) is 14.4. The van der Waals surface area contributed by atoms with Gasteiger partial charge >= 0.3 is 0 Å². The summed E-state index contributed by atoms with van der Waals surface area (Å²) in [4.78, 5) is 0. The Labute approximate surface area is 139 Å². The van der Waals surface area contributed by atoms with Gasteiger partial charge in [0, 0.05) is 10.9 Å². The van der Waals surface area contributed by atoms with Crippen molar-refractivity contribution in [1.29, 1.82) is 0 Å². The van der Waals surface area contributed by atoms with Gasteiger partial charge in [0.2, 0.25) is 0 Å². The standard InChI is InChI=1S/C16H18BrNO2.ClH/c1-20-15-10-14(17)9-13(16(15)19)11-18-8-7-12-5-3-2-4-6-12;/h2-6,9-10,18-19H,7-8,11H2,1H3;1H. The number of phenolic OH excluding ortho intramolecular Hbond substituents is 1. The van der Waals surface area contributed by atoms with Gasteiger partial charge in [-0.1, -0.05) is 46.3 Å². The molecular weight excluding hydrogens is 354 g/mol. The highest BCUT2D eigenvalue weighted by molar-refractivity contribution is 9.10. The molecule has 0 radical (unpaired) electrons. The molecule has 0 unspecified atom stereocenters. The Morgan fingerprint density at radius 3 is 2.57 bits per heavy atom. The van der Waals surface area contributed by atoms with Crippen LogP contribution in [-0.2, 0) is 13.0 Å². The summed E-state index contributed by atoms with van der Waals surface area (Å²) >= 11 is 3.43. The number of hydrogen-bond acceptors (Lipinski definition) is 2. The molecule has 0 spiro atoms. The van der Waals surface area contributed by atoms with E-state index in [0.29, 0.717) is 5.75 Å². The largest absolute Gasteiger partial charge is 1.00 e. The molecule has 0 heterocycles. The third-order valence-corrected chi connectivity index (χ3v) is 3.64. The van der Waals surface area contributed by atoms with E-state index in [-0.39, 0.29) is 18.2 Å². The Morgan fingerprint density at radius 1 is 1.19 bits per heavy atom. The van der Waals surface area contributed by atoms with Gasteiger partial charge in [0.05, 0.1) is 19.2 Å². The number of ether oxygens (including phenoxy) is 1. The highest BCUT2D eigenvalue weighted by Gasteiger charge is 2.10. The lowest BCUT2D eigenvalue weighted by atomic mass is 10.1. The molecule has 2 aromatic rings. The molecule has 0 aliphatic carbocycles. The third-order valence-electron chi connectivity index (χ3n) is 3.18. The lowest BCUT2D eigenvalue weighted by Crippen LogP contribution is -3.00. The van der Waals surface area contributed by atoms with Crippen molar-refractivity contribution in [3.05, 3.63) is 58.1 Å². The number of methoxy groups -OCH3 is 1. The van der Waals surface area contributed by atoms with Gasteiger partial charge < -0.3 is 27.6 Å². The summed E-state index contributed by atoms with van der Waals surface area (Å²) in [6.07, 6.45) is 1.02. The minimum Gasteiger partial charge on any atom is -1.00 e. The molecule has 0 saturated carbocycles. The Morgan fingerprint density at radius 2 is 1.90 bits per heavy atom. The normalized spacial score (nSPS) is 10.0. The van der Waals surface area contributed by atoms with Crippen molar-refractivity contribution in [2.45, 2.75) is 13.0 Å². The Bertz CT molecular complexity index is 564. The monoisotopic (exact) mass is 371 g/mol. The molecule has 21 heavy (non-hydrogen) atoms. The summed E-state index contributed by atoms with van der Waals surface area (Å²) in [5, 5.41) is 12.3. The molecule has 3 nitrogen and oxygen atoms in total. The number of phenols is 1. The highest BCUT2D eigenvalue weighted by Crippen LogP contribution is 2.32. The van der Waals surface area contributed by atoms with Crippen molar-refractivity contribution in [3.63, 3.8) is 0 Å². The van der Waals surface area contributed by atoms with Gasteiger partial charge in [0.25, 0.3) is 0 Å². The van der Waals surface area contributed by atoms with E-state index in [1.165, 1.54) is 5.56 Å². The van der Waals surface area contributed by atoms with Crippen LogP contribution in [0.5, 0.6) is 11.5 Å². The zero-order valence-corrected chi connectivity index (χ0v) is 14.2. The molecule has 2 aromatic carbocycles. The average Bonchev–Trinajstić information content (AvgIpc) is 2.47. The summed E-state index contributed by atoms with van der Waals surface area (Å²) in [7, 11) is 1.56. The molecule has 114 valence electrons. The smallest absolute Gasteiger partial charge is 0.166 e. The fourth-order valence-electron chi connectivity index (χ4n) is 2.11. The van der Waals surface area contributed by atoms with Crippen LogP contribution >= 0.6 is 15.9 Å². The van der Waals surface area contributed by atoms with Crippen molar-refractivity contribution in [1.82, 2.24) is 0 Å². The number of nitrogens with two attached hydrogens (primary N) is 1. The number of benzene rings is 2. The number of rotatable bonds is 6. The van der Waals surface area contributed by atoms with Crippen LogP contribution in [0.15, 0.2) is 46.9 Å². The SMILES string of the molecule is COc1cc(Br)cc(C[NH2+]CCc2ccccc2)c1O.[Cl-]. The van der Waals surface area contributed by atoms with Crippen molar-refractivity contribution in [2.75, 3.05) is 13.7 Å². The molecule has 0 aromatic heterocycles. The summed E-state index contributed by atoms with van der Waals surface area (Å²) in [5.74, 6) is 0.734. The van der Waals surface area contributed by atoms with E-state index < -0.39 is 0 Å². The lowest BCUT2D eigenvalue weighted by Gasteiger charge is -2.09. The maximum atomic E-state index is 10.1. The molecule has 0 amide bonds. The number of halogens is 2. The average molecular weight is 373 g/mol. The predicted molar refractivity (Wildman–Crippen MR) is 83.0 cm³/mol. The van der Waals surface area contributed by atoms with Crippen molar-refractivity contribution < 1.29 is 27.6 Å². The van der Waals surface area contributed by atoms with E-state index >= 15 is 0 Å². The molecule has 3 N–H and O–H groups in total. The van der Waals surface area contributed by atoms with Crippen LogP contribution in [0.1, 0.15) is 11.1 Å². The quantitative estimate of drug-likeness (QED) is 0.670. The second-order valence-corrected chi connectivity index (χ2v) is 5.55. The second kappa shape index (κ2) is 8.93. The van der Waals surface area contributed by atoms with Gasteiger partial charge in [-0.25, -0.2) is 0 Å². The van der Waals surface area contributed by atoms with E-state index in [2.05, 4.69) is 45.5 Å². The predicted octanol–water partition coefficient (Wildman–Crippen LogP) is -0.527.